The van der Waals surface area contributed by atoms with Gasteiger partial charge in [-0.2, -0.15) is 0 Å². The second-order valence-corrected chi connectivity index (χ2v) is 11.0. The molecule has 2 aromatic heterocycles. The monoisotopic (exact) mass is 437 g/mol. The topological polar surface area (TPSA) is 46.2 Å². The molecule has 2 unspecified atom stereocenters. The third kappa shape index (κ3) is 1.95. The minimum atomic E-state index is -0.202. The van der Waals surface area contributed by atoms with Gasteiger partial charge < -0.3 is 0 Å². The van der Waals surface area contributed by atoms with Gasteiger partial charge in [0.25, 0.3) is 0 Å². The van der Waals surface area contributed by atoms with E-state index in [-0.39, 0.29) is 35.5 Å². The predicted molar refractivity (Wildman–Crippen MR) is 128 cm³/mol. The van der Waals surface area contributed by atoms with E-state index in [1.165, 1.54) is 51.5 Å². The van der Waals surface area contributed by atoms with Crippen LogP contribution in [0.15, 0.2) is 54.6 Å². The SMILES string of the molecule is O=C1NC(=O)C2C1[C@H]1c3cc4sc5c6cc7ccccc7cc6sc5c4cc3C=C[C@@H]21. The number of nitrogens with one attached hydrogen (secondary N) is 1. The van der Waals surface area contributed by atoms with Gasteiger partial charge in [-0.15, -0.1) is 22.7 Å². The number of carbonyl (C=O) groups is 2. The zero-order valence-corrected chi connectivity index (χ0v) is 17.8. The Kier molecular flexibility index (Phi) is 2.91. The third-order valence-corrected chi connectivity index (χ3v) is 9.97. The summed E-state index contributed by atoms with van der Waals surface area (Å²) in [6.45, 7) is 0. The lowest BCUT2D eigenvalue weighted by Gasteiger charge is -2.46. The summed E-state index contributed by atoms with van der Waals surface area (Å²) in [5, 5.41) is 7.73. The summed E-state index contributed by atoms with van der Waals surface area (Å²) >= 11 is 3.72. The van der Waals surface area contributed by atoms with Crippen LogP contribution in [0.2, 0.25) is 0 Å². The summed E-state index contributed by atoms with van der Waals surface area (Å²) in [7, 11) is 0. The van der Waals surface area contributed by atoms with E-state index >= 15 is 0 Å². The molecule has 3 nitrogen and oxygen atoms in total. The van der Waals surface area contributed by atoms with E-state index in [9.17, 15) is 9.59 Å². The molecule has 2 aliphatic carbocycles. The number of carbonyl (C=O) groups excluding carboxylic acids is 2. The van der Waals surface area contributed by atoms with Crippen molar-refractivity contribution < 1.29 is 9.59 Å². The Balaban J connectivity index is 1.37. The van der Waals surface area contributed by atoms with Gasteiger partial charge in [0.15, 0.2) is 0 Å². The standard InChI is InChI=1S/C26H15NO2S2/c28-25-21-14-6-5-13-8-17-19(10-15(13)20(14)22(21)26(29)27-25)31-23-16-7-11-3-1-2-4-12(11)9-18(16)30-24(17)23/h1-10,14,20-22H,(H,27,28,29)/t14-,20-,21?,22?/m1/s1. The molecule has 0 radical (unpaired) electrons. The number of amides is 2. The third-order valence-electron chi connectivity index (χ3n) is 7.46. The quantitative estimate of drug-likeness (QED) is 0.300. The maximum atomic E-state index is 12.4. The van der Waals surface area contributed by atoms with Crippen LogP contribution in [0.1, 0.15) is 17.0 Å². The van der Waals surface area contributed by atoms with Crippen LogP contribution in [0.4, 0.5) is 0 Å². The molecule has 2 fully saturated rings. The number of fused-ring (bicyclic) bond motifs is 12. The second kappa shape index (κ2) is 5.42. The molecule has 0 spiro atoms. The number of hydrogen-bond acceptors (Lipinski definition) is 4. The molecule has 3 aromatic carbocycles. The van der Waals surface area contributed by atoms with E-state index in [0.717, 1.165) is 0 Å². The lowest BCUT2D eigenvalue weighted by atomic mass is 9.53. The fourth-order valence-corrected chi connectivity index (χ4v) is 8.74. The summed E-state index contributed by atoms with van der Waals surface area (Å²) in [4.78, 5) is 24.5. The number of imide groups is 1. The maximum absolute atomic E-state index is 12.4. The molecule has 3 aliphatic rings. The molecule has 2 amide bonds. The molecule has 5 aromatic rings. The summed E-state index contributed by atoms with van der Waals surface area (Å²) in [5.74, 6) is -0.298. The molecule has 3 heterocycles. The fraction of sp³-hybridized carbons (Fsp3) is 0.154. The van der Waals surface area contributed by atoms with Crippen molar-refractivity contribution in [1.29, 1.82) is 0 Å². The van der Waals surface area contributed by atoms with Crippen LogP contribution in [-0.4, -0.2) is 11.8 Å². The van der Waals surface area contributed by atoms with Crippen LogP contribution in [0.25, 0.3) is 46.4 Å². The Morgan fingerprint density at radius 3 is 2.23 bits per heavy atom. The Morgan fingerprint density at radius 1 is 0.742 bits per heavy atom. The number of rotatable bonds is 0. The van der Waals surface area contributed by atoms with Crippen LogP contribution in [0, 0.1) is 17.8 Å². The first kappa shape index (κ1) is 16.6. The highest BCUT2D eigenvalue weighted by Gasteiger charge is 2.61. The minimum absolute atomic E-state index is 0.0948. The molecule has 8 rings (SSSR count). The van der Waals surface area contributed by atoms with Gasteiger partial charge in [0, 0.05) is 26.1 Å². The van der Waals surface area contributed by atoms with Crippen molar-refractivity contribution in [2.24, 2.45) is 17.8 Å². The molecular formula is C26H15NO2S2. The van der Waals surface area contributed by atoms with Crippen LogP contribution < -0.4 is 5.32 Å². The smallest absolute Gasteiger partial charge is 0.231 e. The van der Waals surface area contributed by atoms with E-state index < -0.39 is 0 Å². The maximum Gasteiger partial charge on any atom is 0.231 e. The summed E-state index contributed by atoms with van der Waals surface area (Å²) in [6.07, 6.45) is 4.31. The molecule has 4 atom stereocenters. The van der Waals surface area contributed by atoms with Crippen molar-refractivity contribution in [3.05, 3.63) is 65.7 Å². The first-order chi connectivity index (χ1) is 15.2. The van der Waals surface area contributed by atoms with Crippen LogP contribution in [0.3, 0.4) is 0 Å². The molecule has 1 saturated heterocycles. The van der Waals surface area contributed by atoms with Gasteiger partial charge in [0.2, 0.25) is 11.8 Å². The summed E-state index contributed by atoms with van der Waals surface area (Å²) in [5.41, 5.74) is 2.43. The molecule has 5 heteroatoms. The largest absolute Gasteiger partial charge is 0.296 e. The van der Waals surface area contributed by atoms with Crippen molar-refractivity contribution >= 4 is 80.9 Å². The Bertz CT molecular complexity index is 1690. The molecule has 0 bridgehead atoms. The average Bonchev–Trinajstić information content (AvgIpc) is 3.34. The highest BCUT2D eigenvalue weighted by atomic mass is 32.1. The Labute approximate surface area is 185 Å². The van der Waals surface area contributed by atoms with Crippen molar-refractivity contribution in [3.63, 3.8) is 0 Å². The van der Waals surface area contributed by atoms with E-state index in [4.69, 9.17) is 0 Å². The Hall–Kier alpha value is -3.02. The molecule has 31 heavy (non-hydrogen) atoms. The zero-order chi connectivity index (χ0) is 20.4. The van der Waals surface area contributed by atoms with Gasteiger partial charge in [0.1, 0.15) is 0 Å². The predicted octanol–water partition coefficient (Wildman–Crippen LogP) is 6.05. The first-order valence-corrected chi connectivity index (χ1v) is 12.1. The number of allylic oxidation sites excluding steroid dienone is 1. The summed E-state index contributed by atoms with van der Waals surface area (Å²) < 4.78 is 5.31. The van der Waals surface area contributed by atoms with E-state index in [1.807, 2.05) is 22.7 Å². The molecule has 1 N–H and O–H groups in total. The molecule has 1 saturated carbocycles. The molecular weight excluding hydrogens is 422 g/mol. The molecule has 1 aliphatic heterocycles. The highest BCUT2D eigenvalue weighted by Crippen LogP contribution is 2.59. The number of thiophene rings is 2. The van der Waals surface area contributed by atoms with Crippen molar-refractivity contribution in [2.75, 3.05) is 0 Å². The van der Waals surface area contributed by atoms with Gasteiger partial charge in [-0.1, -0.05) is 36.4 Å². The van der Waals surface area contributed by atoms with Gasteiger partial charge in [-0.3, -0.25) is 14.9 Å². The number of benzene rings is 3. The van der Waals surface area contributed by atoms with Crippen LogP contribution in [-0.2, 0) is 9.59 Å². The van der Waals surface area contributed by atoms with Gasteiger partial charge in [-0.25, -0.2) is 0 Å². The van der Waals surface area contributed by atoms with Crippen LogP contribution in [0.5, 0.6) is 0 Å². The van der Waals surface area contributed by atoms with Gasteiger partial charge >= 0.3 is 0 Å². The minimum Gasteiger partial charge on any atom is -0.296 e. The molecule has 148 valence electrons. The number of hydrogen-bond donors (Lipinski definition) is 1. The lowest BCUT2D eigenvalue weighted by molar-refractivity contribution is -0.129. The van der Waals surface area contributed by atoms with Crippen molar-refractivity contribution in [2.45, 2.75) is 5.92 Å². The zero-order valence-electron chi connectivity index (χ0n) is 16.2. The van der Waals surface area contributed by atoms with Crippen molar-refractivity contribution in [3.8, 4) is 0 Å². The second-order valence-electron chi connectivity index (χ2n) is 8.90. The van der Waals surface area contributed by atoms with Crippen LogP contribution >= 0.6 is 22.7 Å². The van der Waals surface area contributed by atoms with E-state index in [0.29, 0.717) is 0 Å². The van der Waals surface area contributed by atoms with Crippen molar-refractivity contribution in [1.82, 2.24) is 5.32 Å². The first-order valence-electron chi connectivity index (χ1n) is 10.5. The lowest BCUT2D eigenvalue weighted by Crippen LogP contribution is -2.47. The normalized spacial score (nSPS) is 26.3. The highest BCUT2D eigenvalue weighted by molar-refractivity contribution is 7.36. The van der Waals surface area contributed by atoms with E-state index in [2.05, 4.69) is 66.0 Å². The van der Waals surface area contributed by atoms with E-state index in [1.54, 1.807) is 0 Å². The van der Waals surface area contributed by atoms with Gasteiger partial charge in [0.05, 0.1) is 21.2 Å². The summed E-state index contributed by atoms with van der Waals surface area (Å²) in [6, 6.07) is 17.8. The average molecular weight is 438 g/mol. The Morgan fingerprint density at radius 2 is 1.42 bits per heavy atom. The van der Waals surface area contributed by atoms with Gasteiger partial charge in [-0.05, 0) is 52.1 Å². The fourth-order valence-electron chi connectivity index (χ4n) is 6.04.